The Morgan fingerprint density at radius 2 is 2.25 bits per heavy atom. The van der Waals surface area contributed by atoms with Crippen LogP contribution in [0.4, 0.5) is 5.82 Å². The molecule has 3 rings (SSSR count). The van der Waals surface area contributed by atoms with Gasteiger partial charge in [0.05, 0.1) is 5.69 Å². The van der Waals surface area contributed by atoms with Crippen LogP contribution in [-0.4, -0.2) is 17.6 Å². The van der Waals surface area contributed by atoms with Crippen molar-refractivity contribution in [1.82, 2.24) is 10.3 Å². The Balaban J connectivity index is 1.76. The molecule has 1 saturated carbocycles. The number of hydrogen-bond donors (Lipinski definition) is 1. The van der Waals surface area contributed by atoms with Gasteiger partial charge in [0.25, 0.3) is 0 Å². The van der Waals surface area contributed by atoms with Gasteiger partial charge >= 0.3 is 0 Å². The quantitative estimate of drug-likeness (QED) is 0.845. The fourth-order valence-corrected chi connectivity index (χ4v) is 3.00. The monoisotopic (exact) mass is 287 g/mol. The highest BCUT2D eigenvalue weighted by molar-refractivity contribution is 7.07. The minimum atomic E-state index is 0.678. The highest BCUT2D eigenvalue weighted by Gasteiger charge is 2.30. The summed E-state index contributed by atoms with van der Waals surface area (Å²) in [5.74, 6) is 1.12. The van der Waals surface area contributed by atoms with Gasteiger partial charge in [-0.2, -0.15) is 11.3 Å². The van der Waals surface area contributed by atoms with Crippen LogP contribution in [-0.2, 0) is 13.1 Å². The first-order valence-corrected chi connectivity index (χ1v) is 8.25. The first-order chi connectivity index (χ1) is 9.86. The van der Waals surface area contributed by atoms with E-state index in [4.69, 9.17) is 4.98 Å². The average molecular weight is 287 g/mol. The van der Waals surface area contributed by atoms with E-state index < -0.39 is 0 Å². The molecule has 0 amide bonds. The van der Waals surface area contributed by atoms with Gasteiger partial charge in [0.2, 0.25) is 0 Å². The summed E-state index contributed by atoms with van der Waals surface area (Å²) in [6, 6.07) is 9.25. The minimum Gasteiger partial charge on any atom is -0.349 e. The van der Waals surface area contributed by atoms with E-state index in [0.717, 1.165) is 31.1 Å². The number of nitrogens with one attached hydrogen (secondary N) is 1. The van der Waals surface area contributed by atoms with Gasteiger partial charge in [-0.1, -0.05) is 13.0 Å². The van der Waals surface area contributed by atoms with E-state index in [-0.39, 0.29) is 0 Å². The first-order valence-electron chi connectivity index (χ1n) is 7.31. The van der Waals surface area contributed by atoms with Crippen LogP contribution in [0.2, 0.25) is 0 Å². The van der Waals surface area contributed by atoms with Crippen LogP contribution in [0, 0.1) is 0 Å². The predicted molar refractivity (Wildman–Crippen MR) is 85.1 cm³/mol. The van der Waals surface area contributed by atoms with E-state index in [9.17, 15) is 0 Å². The number of aromatic nitrogens is 1. The summed E-state index contributed by atoms with van der Waals surface area (Å²) in [5.41, 5.74) is 2.51. The molecule has 0 saturated heterocycles. The van der Waals surface area contributed by atoms with Gasteiger partial charge in [0, 0.05) is 19.1 Å². The molecule has 2 aromatic rings. The van der Waals surface area contributed by atoms with Crippen molar-refractivity contribution in [3.05, 3.63) is 46.3 Å². The normalized spacial score (nSPS) is 14.4. The fraction of sp³-hybridized carbons (Fsp3) is 0.438. The Hall–Kier alpha value is -1.39. The van der Waals surface area contributed by atoms with Crippen molar-refractivity contribution in [3.8, 4) is 0 Å². The number of thiophene rings is 1. The molecule has 0 aromatic carbocycles. The molecule has 0 atom stereocenters. The zero-order chi connectivity index (χ0) is 13.8. The van der Waals surface area contributed by atoms with E-state index in [1.807, 2.05) is 0 Å². The fourth-order valence-electron chi connectivity index (χ4n) is 2.34. The van der Waals surface area contributed by atoms with Gasteiger partial charge in [-0.3, -0.25) is 0 Å². The molecule has 2 heterocycles. The molecule has 1 fully saturated rings. The van der Waals surface area contributed by atoms with Crippen molar-refractivity contribution >= 4 is 17.2 Å². The molecule has 0 unspecified atom stereocenters. The topological polar surface area (TPSA) is 28.2 Å². The van der Waals surface area contributed by atoms with E-state index in [1.165, 1.54) is 18.4 Å². The van der Waals surface area contributed by atoms with E-state index >= 15 is 0 Å². The number of hydrogen-bond acceptors (Lipinski definition) is 4. The lowest BCUT2D eigenvalue weighted by Crippen LogP contribution is -2.26. The van der Waals surface area contributed by atoms with Crippen molar-refractivity contribution in [2.45, 2.75) is 38.9 Å². The summed E-state index contributed by atoms with van der Waals surface area (Å²) in [6.45, 7) is 4.93. The second kappa shape index (κ2) is 6.37. The average Bonchev–Trinajstić information content (AvgIpc) is 3.19. The van der Waals surface area contributed by atoms with Crippen molar-refractivity contribution in [3.63, 3.8) is 0 Å². The van der Waals surface area contributed by atoms with Gasteiger partial charge in [0.1, 0.15) is 5.82 Å². The largest absolute Gasteiger partial charge is 0.349 e. The third-order valence-corrected chi connectivity index (χ3v) is 4.30. The van der Waals surface area contributed by atoms with Gasteiger partial charge in [-0.25, -0.2) is 4.98 Å². The number of pyridine rings is 1. The summed E-state index contributed by atoms with van der Waals surface area (Å²) < 4.78 is 0. The molecule has 1 aliphatic carbocycles. The maximum Gasteiger partial charge on any atom is 0.129 e. The summed E-state index contributed by atoms with van der Waals surface area (Å²) in [7, 11) is 0. The zero-order valence-corrected chi connectivity index (χ0v) is 12.7. The Kier molecular flexibility index (Phi) is 4.33. The third-order valence-electron chi connectivity index (χ3n) is 3.56. The summed E-state index contributed by atoms with van der Waals surface area (Å²) >= 11 is 1.77. The smallest absolute Gasteiger partial charge is 0.129 e. The van der Waals surface area contributed by atoms with Crippen LogP contribution in [0.5, 0.6) is 0 Å². The molecule has 4 heteroatoms. The Labute approximate surface area is 124 Å². The summed E-state index contributed by atoms with van der Waals surface area (Å²) in [5, 5.41) is 7.72. The minimum absolute atomic E-state index is 0.678. The van der Waals surface area contributed by atoms with Gasteiger partial charge < -0.3 is 10.2 Å². The van der Waals surface area contributed by atoms with E-state index in [2.05, 4.69) is 52.2 Å². The van der Waals surface area contributed by atoms with Gasteiger partial charge in [-0.15, -0.1) is 0 Å². The predicted octanol–water partition coefficient (Wildman–Crippen LogP) is 3.42. The first kappa shape index (κ1) is 13.6. The number of anilines is 1. The van der Waals surface area contributed by atoms with Crippen molar-refractivity contribution in [2.24, 2.45) is 0 Å². The molecule has 1 N–H and O–H groups in total. The number of rotatable bonds is 7. The Morgan fingerprint density at radius 1 is 1.35 bits per heavy atom. The van der Waals surface area contributed by atoms with Crippen LogP contribution >= 0.6 is 11.3 Å². The lowest BCUT2D eigenvalue weighted by molar-refractivity contribution is 0.703. The molecule has 0 radical (unpaired) electrons. The third kappa shape index (κ3) is 3.38. The van der Waals surface area contributed by atoms with Crippen LogP contribution in [0.15, 0.2) is 35.0 Å². The second-order valence-corrected chi connectivity index (χ2v) is 6.04. The molecular formula is C16H21N3S. The molecule has 0 aliphatic heterocycles. The SMILES string of the molecule is CCNCc1cccc(N(Cc2ccsc2)C2CC2)n1. The summed E-state index contributed by atoms with van der Waals surface area (Å²) in [4.78, 5) is 7.28. The molecule has 106 valence electrons. The highest BCUT2D eigenvalue weighted by Crippen LogP contribution is 2.32. The second-order valence-electron chi connectivity index (χ2n) is 5.26. The molecular weight excluding hydrogens is 266 g/mol. The Bertz CT molecular complexity index is 534. The molecule has 3 nitrogen and oxygen atoms in total. The molecule has 2 aromatic heterocycles. The lowest BCUT2D eigenvalue weighted by atomic mass is 10.2. The van der Waals surface area contributed by atoms with Crippen LogP contribution in [0.1, 0.15) is 31.0 Å². The molecule has 0 bridgehead atoms. The van der Waals surface area contributed by atoms with E-state index in [0.29, 0.717) is 6.04 Å². The standard InChI is InChI=1S/C16H21N3S/c1-2-17-10-14-4-3-5-16(18-14)19(15-6-7-15)11-13-8-9-20-12-13/h3-5,8-9,12,15,17H,2,6-7,10-11H2,1H3. The maximum absolute atomic E-state index is 4.82. The van der Waals surface area contributed by atoms with Crippen LogP contribution in [0.3, 0.4) is 0 Å². The van der Waals surface area contributed by atoms with E-state index in [1.54, 1.807) is 11.3 Å². The van der Waals surface area contributed by atoms with Crippen LogP contribution in [0.25, 0.3) is 0 Å². The van der Waals surface area contributed by atoms with Crippen molar-refractivity contribution in [1.29, 1.82) is 0 Å². The maximum atomic E-state index is 4.82. The molecule has 0 spiro atoms. The highest BCUT2D eigenvalue weighted by atomic mass is 32.1. The Morgan fingerprint density at radius 3 is 2.95 bits per heavy atom. The number of nitrogens with zero attached hydrogens (tertiary/aromatic N) is 2. The molecule has 1 aliphatic rings. The summed E-state index contributed by atoms with van der Waals surface area (Å²) in [6.07, 6.45) is 2.59. The lowest BCUT2D eigenvalue weighted by Gasteiger charge is -2.23. The molecule has 20 heavy (non-hydrogen) atoms. The van der Waals surface area contributed by atoms with Gasteiger partial charge in [-0.05, 0) is 53.9 Å². The zero-order valence-electron chi connectivity index (χ0n) is 11.9. The van der Waals surface area contributed by atoms with Crippen LogP contribution < -0.4 is 10.2 Å². The van der Waals surface area contributed by atoms with Crippen molar-refractivity contribution < 1.29 is 0 Å². The van der Waals surface area contributed by atoms with Gasteiger partial charge in [0.15, 0.2) is 0 Å². The van der Waals surface area contributed by atoms with Crippen molar-refractivity contribution in [2.75, 3.05) is 11.4 Å².